The first-order chi connectivity index (χ1) is 16.6. The highest BCUT2D eigenvalue weighted by Gasteiger charge is 2.28. The van der Waals surface area contributed by atoms with Crippen LogP contribution in [0.1, 0.15) is 32.0 Å². The Balaban J connectivity index is 1.48. The van der Waals surface area contributed by atoms with E-state index in [4.69, 9.17) is 9.47 Å². The van der Waals surface area contributed by atoms with E-state index >= 15 is 0 Å². The van der Waals surface area contributed by atoms with Crippen LogP contribution in [-0.2, 0) is 21.7 Å². The number of imidazole rings is 1. The van der Waals surface area contributed by atoms with Crippen LogP contribution in [0.15, 0.2) is 29.6 Å². The number of amides is 1. The number of hydrogen-bond acceptors (Lipinski definition) is 7. The maximum Gasteiger partial charge on any atom is 0.410 e. The van der Waals surface area contributed by atoms with Crippen molar-refractivity contribution in [2.45, 2.75) is 44.2 Å². The van der Waals surface area contributed by atoms with Crippen molar-refractivity contribution in [1.82, 2.24) is 19.9 Å². The van der Waals surface area contributed by atoms with Gasteiger partial charge in [-0.1, -0.05) is 0 Å². The van der Waals surface area contributed by atoms with Crippen LogP contribution in [0.25, 0.3) is 11.0 Å². The van der Waals surface area contributed by atoms with Gasteiger partial charge in [0.15, 0.2) is 5.75 Å². The topological polar surface area (TPSA) is 107 Å². The van der Waals surface area contributed by atoms with Gasteiger partial charge in [0.05, 0.1) is 29.5 Å². The summed E-state index contributed by atoms with van der Waals surface area (Å²) in [6, 6.07) is 4.77. The van der Waals surface area contributed by atoms with Crippen LogP contribution >= 0.6 is 0 Å². The number of benzene rings is 1. The van der Waals surface area contributed by atoms with Crippen molar-refractivity contribution >= 4 is 34.0 Å². The number of aromatic amines is 1. The number of rotatable bonds is 5. The van der Waals surface area contributed by atoms with Crippen molar-refractivity contribution in [2.24, 2.45) is 0 Å². The zero-order chi connectivity index (χ0) is 25.3. The summed E-state index contributed by atoms with van der Waals surface area (Å²) in [6.07, 6.45) is 1.24. The fourth-order valence-electron chi connectivity index (χ4n) is 3.92. The van der Waals surface area contributed by atoms with Crippen LogP contribution in [0.2, 0.25) is 0 Å². The van der Waals surface area contributed by atoms with E-state index in [0.717, 1.165) is 5.56 Å². The number of fused-ring (bicyclic) bond motifs is 1. The molecule has 1 saturated heterocycles. The summed E-state index contributed by atoms with van der Waals surface area (Å²) in [5, 5.41) is 0.260. The van der Waals surface area contributed by atoms with Gasteiger partial charge in [-0.2, -0.15) is 4.98 Å². The normalized spacial score (nSPS) is 15.4. The number of carbonyl (C=O) groups is 1. The van der Waals surface area contributed by atoms with E-state index in [2.05, 4.69) is 15.0 Å². The molecule has 3 heterocycles. The van der Waals surface area contributed by atoms with E-state index in [1.807, 2.05) is 32.6 Å². The average Bonchev–Trinajstić information content (AvgIpc) is 3.22. The highest BCUT2D eigenvalue weighted by atomic mass is 32.2. The van der Waals surface area contributed by atoms with E-state index in [-0.39, 0.29) is 17.0 Å². The van der Waals surface area contributed by atoms with Crippen molar-refractivity contribution in [3.05, 3.63) is 41.5 Å². The summed E-state index contributed by atoms with van der Waals surface area (Å²) in [6.45, 7) is 9.12. The highest BCUT2D eigenvalue weighted by Crippen LogP contribution is 2.28. The maximum absolute atomic E-state index is 15.0. The standard InChI is InChI=1S/C24H30FN5O4S/c1-15-19(26-7-6-21(15)33-5)14-35(32)22-27-17-12-16(25)20(13-18(17)28-22)29-8-10-30(11-9-29)23(31)34-24(2,3)4/h6-7,12-13H,8-11,14H2,1-5H3,(H,27,28). The Labute approximate surface area is 206 Å². The van der Waals surface area contributed by atoms with Gasteiger partial charge in [-0.15, -0.1) is 0 Å². The molecule has 0 spiro atoms. The molecule has 3 aromatic rings. The lowest BCUT2D eigenvalue weighted by Gasteiger charge is -2.36. The minimum atomic E-state index is -1.50. The van der Waals surface area contributed by atoms with Crippen molar-refractivity contribution in [2.75, 3.05) is 38.2 Å². The van der Waals surface area contributed by atoms with Crippen LogP contribution in [0, 0.1) is 12.7 Å². The molecule has 11 heteroatoms. The fourth-order valence-corrected chi connectivity index (χ4v) is 5.02. The molecule has 0 saturated carbocycles. The second-order valence-corrected chi connectivity index (χ2v) is 10.8. The van der Waals surface area contributed by atoms with Gasteiger partial charge in [-0.25, -0.2) is 9.18 Å². The summed E-state index contributed by atoms with van der Waals surface area (Å²) >= 11 is -1.50. The van der Waals surface area contributed by atoms with Gasteiger partial charge in [-0.05, 0) is 39.8 Å². The van der Waals surface area contributed by atoms with Gasteiger partial charge in [0.1, 0.15) is 17.2 Å². The first kappa shape index (κ1) is 25.1. The summed E-state index contributed by atoms with van der Waals surface area (Å²) in [5.74, 6) is 0.426. The monoisotopic (exact) mass is 503 g/mol. The van der Waals surface area contributed by atoms with Crippen LogP contribution in [0.4, 0.5) is 14.9 Å². The minimum absolute atomic E-state index is 0.158. The summed E-state index contributed by atoms with van der Waals surface area (Å²) < 4.78 is 38.7. The molecule has 4 rings (SSSR count). The number of hydrogen-bond donors (Lipinski definition) is 1. The third-order valence-corrected chi connectivity index (χ3v) is 6.92. The van der Waals surface area contributed by atoms with E-state index in [1.54, 1.807) is 30.3 Å². The number of H-pyrrole nitrogens is 1. The largest absolute Gasteiger partial charge is 0.609 e. The Morgan fingerprint density at radius 1 is 1.26 bits per heavy atom. The second kappa shape index (κ2) is 9.90. The summed E-state index contributed by atoms with van der Waals surface area (Å²) in [4.78, 5) is 27.6. The number of aromatic nitrogens is 3. The van der Waals surface area contributed by atoms with Gasteiger partial charge >= 0.3 is 11.2 Å². The van der Waals surface area contributed by atoms with Gasteiger partial charge in [0, 0.05) is 55.2 Å². The number of carbonyl (C=O) groups excluding carboxylic acids is 1. The predicted octanol–water partition coefficient (Wildman–Crippen LogP) is 3.78. The Hall–Kier alpha value is -3.05. The smallest absolute Gasteiger partial charge is 0.410 e. The molecule has 0 bridgehead atoms. The molecular formula is C24H30FN5O4S. The molecule has 1 aliphatic rings. The zero-order valence-electron chi connectivity index (χ0n) is 20.6. The molecule has 1 amide bonds. The van der Waals surface area contributed by atoms with Gasteiger partial charge in [-0.3, -0.25) is 9.97 Å². The molecule has 1 unspecified atom stereocenters. The molecule has 1 aliphatic heterocycles. The lowest BCUT2D eigenvalue weighted by molar-refractivity contribution is 0.0240. The molecule has 188 valence electrons. The van der Waals surface area contributed by atoms with E-state index in [9.17, 15) is 13.7 Å². The molecule has 1 fully saturated rings. The number of methoxy groups -OCH3 is 1. The molecule has 2 aromatic heterocycles. The molecule has 1 atom stereocenters. The molecule has 0 aliphatic carbocycles. The third kappa shape index (κ3) is 5.62. The average molecular weight is 504 g/mol. The van der Waals surface area contributed by atoms with Crippen molar-refractivity contribution < 1.29 is 23.2 Å². The van der Waals surface area contributed by atoms with Crippen LogP contribution in [-0.4, -0.2) is 69.4 Å². The number of nitrogens with zero attached hydrogens (tertiary/aromatic N) is 4. The number of pyridine rings is 1. The Bertz CT molecular complexity index is 1220. The number of ether oxygens (including phenoxy) is 2. The first-order valence-electron chi connectivity index (χ1n) is 11.3. The predicted molar refractivity (Wildman–Crippen MR) is 132 cm³/mol. The maximum atomic E-state index is 15.0. The number of piperazine rings is 1. The molecule has 1 N–H and O–H groups in total. The van der Waals surface area contributed by atoms with Crippen molar-refractivity contribution in [3.8, 4) is 5.75 Å². The minimum Gasteiger partial charge on any atom is -0.609 e. The van der Waals surface area contributed by atoms with Gasteiger partial charge in [0.2, 0.25) is 0 Å². The van der Waals surface area contributed by atoms with Crippen molar-refractivity contribution in [1.29, 1.82) is 0 Å². The third-order valence-electron chi connectivity index (χ3n) is 5.76. The molecule has 1 aromatic carbocycles. The van der Waals surface area contributed by atoms with Crippen LogP contribution in [0.5, 0.6) is 5.75 Å². The molecular weight excluding hydrogens is 473 g/mol. The summed E-state index contributed by atoms with van der Waals surface area (Å²) in [5.41, 5.74) is 2.29. The Morgan fingerprint density at radius 3 is 2.63 bits per heavy atom. The Morgan fingerprint density at radius 2 is 1.97 bits per heavy atom. The van der Waals surface area contributed by atoms with Crippen LogP contribution in [0.3, 0.4) is 0 Å². The Kier molecular flexibility index (Phi) is 7.09. The first-order valence-corrected chi connectivity index (χ1v) is 12.7. The second-order valence-electron chi connectivity index (χ2n) is 9.39. The quantitative estimate of drug-likeness (QED) is 0.528. The lowest BCUT2D eigenvalue weighted by atomic mass is 10.2. The number of nitrogens with one attached hydrogen (secondary N) is 1. The lowest BCUT2D eigenvalue weighted by Crippen LogP contribution is -2.50. The van der Waals surface area contributed by atoms with Gasteiger partial charge < -0.3 is 23.8 Å². The van der Waals surface area contributed by atoms with E-state index in [1.165, 1.54) is 6.07 Å². The van der Waals surface area contributed by atoms with Crippen LogP contribution < -0.4 is 9.64 Å². The van der Waals surface area contributed by atoms with E-state index < -0.39 is 22.6 Å². The number of anilines is 1. The molecule has 0 radical (unpaired) electrons. The van der Waals surface area contributed by atoms with E-state index in [0.29, 0.717) is 54.3 Å². The number of halogens is 1. The summed E-state index contributed by atoms with van der Waals surface area (Å²) in [7, 11) is 1.58. The fraction of sp³-hybridized carbons (Fsp3) is 0.458. The molecule has 9 nitrogen and oxygen atoms in total. The van der Waals surface area contributed by atoms with Crippen molar-refractivity contribution in [3.63, 3.8) is 0 Å². The SMILES string of the molecule is COc1ccnc(C[S+]([O-])c2nc3cc(N4CCN(C(=O)OC(C)(C)C)CC4)c(F)cc3[nH]2)c1C. The highest BCUT2D eigenvalue weighted by molar-refractivity contribution is 7.90. The molecule has 35 heavy (non-hydrogen) atoms. The van der Waals surface area contributed by atoms with Gasteiger partial charge in [0.25, 0.3) is 0 Å². The zero-order valence-corrected chi connectivity index (χ0v) is 21.4.